The van der Waals surface area contributed by atoms with Crippen molar-refractivity contribution in [1.82, 2.24) is 0 Å². The zero-order chi connectivity index (χ0) is 26.6. The third-order valence-electron chi connectivity index (χ3n) is 5.53. The van der Waals surface area contributed by atoms with Crippen molar-refractivity contribution >= 4 is 11.9 Å². The van der Waals surface area contributed by atoms with E-state index in [-0.39, 0.29) is 5.97 Å². The molecule has 4 aromatic carbocycles. The number of hydrogen-bond donors (Lipinski definition) is 1. The number of carbonyl (C=O) groups excluding carboxylic acids is 1. The number of aryl methyl sites for hydroxylation is 2. The summed E-state index contributed by atoms with van der Waals surface area (Å²) in [5.41, 5.74) is 4.61. The molecule has 0 aromatic heterocycles. The number of methoxy groups -OCH3 is 1. The lowest BCUT2D eigenvalue weighted by Crippen LogP contribution is -2.04. The van der Waals surface area contributed by atoms with Crippen molar-refractivity contribution in [2.24, 2.45) is 0 Å². The molecule has 0 aliphatic carbocycles. The van der Waals surface area contributed by atoms with E-state index in [4.69, 9.17) is 19.3 Å². The van der Waals surface area contributed by atoms with Gasteiger partial charge in [-0.05, 0) is 72.5 Å². The van der Waals surface area contributed by atoms with E-state index in [1.807, 2.05) is 73.7 Å². The van der Waals surface area contributed by atoms with Gasteiger partial charge in [0.05, 0.1) is 18.2 Å². The van der Waals surface area contributed by atoms with Crippen LogP contribution in [0.2, 0.25) is 0 Å². The Bertz CT molecular complexity index is 1320. The van der Waals surface area contributed by atoms with Crippen molar-refractivity contribution in [3.63, 3.8) is 0 Å². The number of rotatable bonds is 8. The standard InChI is InChI=1S/C16H16O3.C15H14O3/c1-12-10-14(8-9-15(12)16(17)18-2)19-11-13-6-4-3-5-7-13;1-11-9-13(7-8-14(11)15(16)17)18-10-12-5-3-2-4-6-12/h3-10H,11H2,1-2H3;2-9H,10H2,1H3,(H,16,17). The van der Waals surface area contributed by atoms with Crippen molar-refractivity contribution in [3.8, 4) is 11.5 Å². The third kappa shape index (κ3) is 8.25. The molecule has 0 spiro atoms. The molecule has 0 atom stereocenters. The Morgan fingerprint density at radius 2 is 1.08 bits per heavy atom. The first kappa shape index (κ1) is 27.0. The lowest BCUT2D eigenvalue weighted by Gasteiger charge is -2.09. The lowest BCUT2D eigenvalue weighted by molar-refractivity contribution is 0.0599. The van der Waals surface area contributed by atoms with Gasteiger partial charge in [-0.2, -0.15) is 0 Å². The zero-order valence-corrected chi connectivity index (χ0v) is 21.1. The molecular weight excluding hydrogens is 468 g/mol. The molecule has 6 nitrogen and oxygen atoms in total. The molecule has 0 amide bonds. The second kappa shape index (κ2) is 13.5. The molecule has 0 radical (unpaired) electrons. The van der Waals surface area contributed by atoms with E-state index in [1.54, 1.807) is 37.3 Å². The number of hydrogen-bond acceptors (Lipinski definition) is 5. The Morgan fingerprint density at radius 3 is 1.46 bits per heavy atom. The fourth-order valence-electron chi connectivity index (χ4n) is 3.51. The van der Waals surface area contributed by atoms with E-state index in [2.05, 4.69) is 0 Å². The van der Waals surface area contributed by atoms with E-state index >= 15 is 0 Å². The minimum atomic E-state index is -0.915. The molecule has 4 aromatic rings. The van der Waals surface area contributed by atoms with Gasteiger partial charge in [-0.25, -0.2) is 9.59 Å². The maximum Gasteiger partial charge on any atom is 0.338 e. The largest absolute Gasteiger partial charge is 0.489 e. The summed E-state index contributed by atoms with van der Waals surface area (Å²) in [7, 11) is 1.38. The molecular formula is C31H30O6. The summed E-state index contributed by atoms with van der Waals surface area (Å²) in [6.45, 7) is 4.62. The summed E-state index contributed by atoms with van der Waals surface area (Å²) in [6.07, 6.45) is 0. The molecule has 37 heavy (non-hydrogen) atoms. The van der Waals surface area contributed by atoms with Gasteiger partial charge in [0.15, 0.2) is 0 Å². The maximum absolute atomic E-state index is 11.5. The van der Waals surface area contributed by atoms with E-state index < -0.39 is 5.97 Å². The molecule has 0 saturated heterocycles. The summed E-state index contributed by atoms with van der Waals surface area (Å²) < 4.78 is 16.0. The topological polar surface area (TPSA) is 82.1 Å². The SMILES string of the molecule is COC(=O)c1ccc(OCc2ccccc2)cc1C.Cc1cc(OCc2ccccc2)ccc1C(=O)O. The number of benzene rings is 4. The molecule has 0 unspecified atom stereocenters. The monoisotopic (exact) mass is 498 g/mol. The van der Waals surface area contributed by atoms with Crippen LogP contribution in [0.5, 0.6) is 11.5 Å². The average molecular weight is 499 g/mol. The normalized spacial score (nSPS) is 10.0. The Morgan fingerprint density at radius 1 is 0.649 bits per heavy atom. The van der Waals surface area contributed by atoms with E-state index in [0.29, 0.717) is 35.7 Å². The van der Waals surface area contributed by atoms with Crippen LogP contribution in [0.3, 0.4) is 0 Å². The number of carbonyl (C=O) groups is 2. The highest BCUT2D eigenvalue weighted by atomic mass is 16.5. The van der Waals surface area contributed by atoms with E-state index in [9.17, 15) is 9.59 Å². The van der Waals surface area contributed by atoms with Crippen molar-refractivity contribution in [2.75, 3.05) is 7.11 Å². The van der Waals surface area contributed by atoms with Gasteiger partial charge in [-0.15, -0.1) is 0 Å². The van der Waals surface area contributed by atoms with Crippen molar-refractivity contribution in [3.05, 3.63) is 130 Å². The molecule has 190 valence electrons. The van der Waals surface area contributed by atoms with E-state index in [1.165, 1.54) is 7.11 Å². The number of aromatic carboxylic acids is 1. The molecule has 0 aliphatic rings. The Hall–Kier alpha value is -4.58. The fraction of sp³-hybridized carbons (Fsp3) is 0.161. The zero-order valence-electron chi connectivity index (χ0n) is 21.1. The smallest absolute Gasteiger partial charge is 0.338 e. The predicted molar refractivity (Wildman–Crippen MR) is 142 cm³/mol. The van der Waals surface area contributed by atoms with Gasteiger partial charge in [-0.1, -0.05) is 60.7 Å². The highest BCUT2D eigenvalue weighted by molar-refractivity contribution is 5.91. The number of carboxylic acids is 1. The first-order valence-electron chi connectivity index (χ1n) is 11.7. The van der Waals surface area contributed by atoms with Crippen LogP contribution in [0.15, 0.2) is 97.1 Å². The summed E-state index contributed by atoms with van der Waals surface area (Å²) >= 11 is 0. The summed E-state index contributed by atoms with van der Waals surface area (Å²) in [4.78, 5) is 22.3. The minimum absolute atomic E-state index is 0.307. The molecule has 1 N–H and O–H groups in total. The summed E-state index contributed by atoms with van der Waals surface area (Å²) in [5, 5.41) is 8.92. The molecule has 0 aliphatic heterocycles. The van der Waals surface area contributed by atoms with Crippen LogP contribution in [-0.4, -0.2) is 24.2 Å². The molecule has 4 rings (SSSR count). The minimum Gasteiger partial charge on any atom is -0.489 e. The van der Waals surface area contributed by atoms with Crippen LogP contribution in [0.1, 0.15) is 43.0 Å². The van der Waals surface area contributed by atoms with Crippen LogP contribution in [0, 0.1) is 13.8 Å². The Kier molecular flexibility index (Phi) is 9.85. The van der Waals surface area contributed by atoms with Crippen molar-refractivity contribution in [2.45, 2.75) is 27.1 Å². The van der Waals surface area contributed by atoms with Crippen molar-refractivity contribution in [1.29, 1.82) is 0 Å². The van der Waals surface area contributed by atoms with Gasteiger partial charge in [0.1, 0.15) is 24.7 Å². The van der Waals surface area contributed by atoms with Gasteiger partial charge < -0.3 is 19.3 Å². The lowest BCUT2D eigenvalue weighted by atomic mass is 10.1. The second-order valence-electron chi connectivity index (χ2n) is 8.30. The number of carboxylic acid groups (broad SMARTS) is 1. The van der Waals surface area contributed by atoms with E-state index in [0.717, 1.165) is 22.4 Å². The molecule has 0 fully saturated rings. The van der Waals surface area contributed by atoms with Gasteiger partial charge in [0, 0.05) is 0 Å². The fourth-order valence-corrected chi connectivity index (χ4v) is 3.51. The molecule has 0 bridgehead atoms. The van der Waals surface area contributed by atoms with Crippen molar-refractivity contribution < 1.29 is 28.9 Å². The highest BCUT2D eigenvalue weighted by Crippen LogP contribution is 2.20. The predicted octanol–water partition coefficient (Wildman–Crippen LogP) is 6.63. The Balaban J connectivity index is 0.000000206. The molecule has 0 saturated carbocycles. The molecule has 0 heterocycles. The van der Waals surface area contributed by atoms with Crippen LogP contribution in [-0.2, 0) is 18.0 Å². The summed E-state index contributed by atoms with van der Waals surface area (Å²) in [6, 6.07) is 30.1. The van der Waals surface area contributed by atoms with Gasteiger partial charge in [0.25, 0.3) is 0 Å². The first-order valence-corrected chi connectivity index (χ1v) is 11.7. The van der Waals surface area contributed by atoms with Gasteiger partial charge in [0.2, 0.25) is 0 Å². The van der Waals surface area contributed by atoms with Crippen LogP contribution < -0.4 is 9.47 Å². The quantitative estimate of drug-likeness (QED) is 0.275. The molecule has 6 heteroatoms. The summed E-state index contributed by atoms with van der Waals surface area (Å²) in [5.74, 6) is 0.185. The highest BCUT2D eigenvalue weighted by Gasteiger charge is 2.10. The van der Waals surface area contributed by atoms with Crippen LogP contribution >= 0.6 is 0 Å². The maximum atomic E-state index is 11.5. The number of esters is 1. The Labute approximate surface area is 217 Å². The first-order chi connectivity index (χ1) is 17.9. The van der Waals surface area contributed by atoms with Crippen LogP contribution in [0.4, 0.5) is 0 Å². The van der Waals surface area contributed by atoms with Gasteiger partial charge in [-0.3, -0.25) is 0 Å². The average Bonchev–Trinajstić information content (AvgIpc) is 2.92. The number of ether oxygens (including phenoxy) is 3. The van der Waals surface area contributed by atoms with Gasteiger partial charge >= 0.3 is 11.9 Å². The van der Waals surface area contributed by atoms with Crippen LogP contribution in [0.25, 0.3) is 0 Å². The third-order valence-corrected chi connectivity index (χ3v) is 5.53. The second-order valence-corrected chi connectivity index (χ2v) is 8.30.